The third-order valence-corrected chi connectivity index (χ3v) is 3.21. The highest BCUT2D eigenvalue weighted by Crippen LogP contribution is 2.26. The molecule has 0 bridgehead atoms. The molecule has 0 amide bonds. The number of rotatable bonds is 6. The van der Waals surface area contributed by atoms with Crippen LogP contribution in [0.5, 0.6) is 5.75 Å². The van der Waals surface area contributed by atoms with Crippen molar-refractivity contribution >= 4 is 11.4 Å². The van der Waals surface area contributed by atoms with Gasteiger partial charge in [0.2, 0.25) is 0 Å². The van der Waals surface area contributed by atoms with Gasteiger partial charge in [-0.15, -0.1) is 0 Å². The average Bonchev–Trinajstić information content (AvgIpc) is 2.47. The fourth-order valence-electron chi connectivity index (χ4n) is 2.10. The minimum Gasteiger partial charge on any atom is -0.489 e. The molecule has 1 aromatic rings. The molecule has 21 heavy (non-hydrogen) atoms. The number of aliphatic hydroxyl groups excluding tert-OH is 1. The van der Waals surface area contributed by atoms with Crippen molar-refractivity contribution in [2.45, 2.75) is 6.10 Å². The van der Waals surface area contributed by atoms with Crippen molar-refractivity contribution in [3.63, 3.8) is 0 Å². The molecule has 8 heteroatoms. The van der Waals surface area contributed by atoms with E-state index in [1.807, 2.05) is 0 Å². The summed E-state index contributed by atoms with van der Waals surface area (Å²) in [5, 5.41) is 20.5. The van der Waals surface area contributed by atoms with Crippen LogP contribution in [0.3, 0.4) is 0 Å². The Morgan fingerprint density at radius 2 is 2.19 bits per heavy atom. The van der Waals surface area contributed by atoms with Gasteiger partial charge in [-0.25, -0.2) is 0 Å². The van der Waals surface area contributed by atoms with Crippen LogP contribution in [0.25, 0.3) is 0 Å². The molecule has 3 N–H and O–H groups in total. The standard InChI is InChI=1S/C13H19N3O5/c14-12-7-10(16(18)19)1-2-13(12)21-9-11(17)8-15-3-5-20-6-4-15/h1-2,7,11,17H,3-6,8-9,14H2. The Morgan fingerprint density at radius 1 is 1.48 bits per heavy atom. The molecule has 1 aliphatic rings. The topological polar surface area (TPSA) is 111 Å². The normalized spacial score (nSPS) is 17.4. The SMILES string of the molecule is Nc1cc([N+](=O)[O-])ccc1OCC(O)CN1CCOCC1. The van der Waals surface area contributed by atoms with E-state index in [2.05, 4.69) is 4.90 Å². The Kier molecular flexibility index (Phi) is 5.32. The molecular weight excluding hydrogens is 278 g/mol. The van der Waals surface area contributed by atoms with E-state index in [0.29, 0.717) is 25.5 Å². The Bertz CT molecular complexity index is 491. The van der Waals surface area contributed by atoms with E-state index in [-0.39, 0.29) is 18.0 Å². The van der Waals surface area contributed by atoms with Gasteiger partial charge in [-0.3, -0.25) is 15.0 Å². The number of nitrogen functional groups attached to an aromatic ring is 1. The molecule has 1 unspecified atom stereocenters. The second kappa shape index (κ2) is 7.21. The number of morpholine rings is 1. The summed E-state index contributed by atoms with van der Waals surface area (Å²) in [6.45, 7) is 3.49. The van der Waals surface area contributed by atoms with Crippen molar-refractivity contribution in [1.29, 1.82) is 0 Å². The summed E-state index contributed by atoms with van der Waals surface area (Å²) in [4.78, 5) is 12.2. The predicted molar refractivity (Wildman–Crippen MR) is 76.3 cm³/mol. The molecule has 116 valence electrons. The monoisotopic (exact) mass is 297 g/mol. The lowest BCUT2D eigenvalue weighted by Gasteiger charge is -2.28. The quantitative estimate of drug-likeness (QED) is 0.440. The van der Waals surface area contributed by atoms with Crippen LogP contribution in [0.1, 0.15) is 0 Å². The molecule has 1 aromatic carbocycles. The van der Waals surface area contributed by atoms with Gasteiger partial charge in [-0.05, 0) is 6.07 Å². The number of non-ortho nitro benzene ring substituents is 1. The summed E-state index contributed by atoms with van der Waals surface area (Å²) >= 11 is 0. The summed E-state index contributed by atoms with van der Waals surface area (Å²) in [5.41, 5.74) is 5.79. The second-order valence-electron chi connectivity index (χ2n) is 4.86. The van der Waals surface area contributed by atoms with Crippen LogP contribution in [-0.2, 0) is 4.74 Å². The number of nitro groups is 1. The highest BCUT2D eigenvalue weighted by Gasteiger charge is 2.16. The molecule has 0 radical (unpaired) electrons. The van der Waals surface area contributed by atoms with Gasteiger partial charge < -0.3 is 20.3 Å². The fourth-order valence-corrected chi connectivity index (χ4v) is 2.10. The number of nitro benzene ring substituents is 1. The molecule has 0 saturated carbocycles. The Hall–Kier alpha value is -1.90. The van der Waals surface area contributed by atoms with Gasteiger partial charge in [0, 0.05) is 31.8 Å². The van der Waals surface area contributed by atoms with Crippen LogP contribution < -0.4 is 10.5 Å². The zero-order valence-electron chi connectivity index (χ0n) is 11.6. The molecule has 8 nitrogen and oxygen atoms in total. The van der Waals surface area contributed by atoms with E-state index in [0.717, 1.165) is 13.1 Å². The molecule has 0 aromatic heterocycles. The van der Waals surface area contributed by atoms with Crippen molar-refractivity contribution in [3.05, 3.63) is 28.3 Å². The van der Waals surface area contributed by atoms with E-state index in [9.17, 15) is 15.2 Å². The Morgan fingerprint density at radius 3 is 2.81 bits per heavy atom. The lowest BCUT2D eigenvalue weighted by atomic mass is 10.2. The van der Waals surface area contributed by atoms with Crippen molar-refractivity contribution in [2.75, 3.05) is 45.2 Å². The number of nitrogens with zero attached hydrogens (tertiary/aromatic N) is 2. The number of ether oxygens (including phenoxy) is 2. The summed E-state index contributed by atoms with van der Waals surface area (Å²) in [6.07, 6.45) is -0.655. The first-order valence-corrected chi connectivity index (χ1v) is 6.71. The highest BCUT2D eigenvalue weighted by molar-refractivity contribution is 5.58. The van der Waals surface area contributed by atoms with Gasteiger partial charge in [0.15, 0.2) is 0 Å². The maximum atomic E-state index is 10.6. The fraction of sp³-hybridized carbons (Fsp3) is 0.538. The van der Waals surface area contributed by atoms with Gasteiger partial charge in [0.25, 0.3) is 5.69 Å². The number of aliphatic hydroxyl groups is 1. The molecule has 1 atom stereocenters. The van der Waals surface area contributed by atoms with Crippen molar-refractivity contribution in [1.82, 2.24) is 4.90 Å². The molecule has 1 saturated heterocycles. The number of hydrogen-bond acceptors (Lipinski definition) is 7. The van der Waals surface area contributed by atoms with Crippen molar-refractivity contribution in [3.8, 4) is 5.75 Å². The van der Waals surface area contributed by atoms with Crippen LogP contribution in [0.15, 0.2) is 18.2 Å². The molecule has 1 aliphatic heterocycles. The number of anilines is 1. The lowest BCUT2D eigenvalue weighted by molar-refractivity contribution is -0.384. The third kappa shape index (κ3) is 4.55. The van der Waals surface area contributed by atoms with Crippen LogP contribution in [0.2, 0.25) is 0 Å². The Balaban J connectivity index is 1.83. The summed E-state index contributed by atoms with van der Waals surface area (Å²) in [6, 6.07) is 4.00. The third-order valence-electron chi connectivity index (χ3n) is 3.21. The molecule has 1 fully saturated rings. The average molecular weight is 297 g/mol. The highest BCUT2D eigenvalue weighted by atomic mass is 16.6. The van der Waals surface area contributed by atoms with Crippen LogP contribution >= 0.6 is 0 Å². The van der Waals surface area contributed by atoms with E-state index in [1.165, 1.54) is 18.2 Å². The maximum absolute atomic E-state index is 10.6. The molecular formula is C13H19N3O5. The van der Waals surface area contributed by atoms with Gasteiger partial charge in [0.05, 0.1) is 23.8 Å². The molecule has 1 heterocycles. The number of nitrogens with two attached hydrogens (primary N) is 1. The molecule has 0 spiro atoms. The number of β-amino-alcohol motifs (C(OH)–C–C–N with tert-alkyl or cyclic N) is 1. The van der Waals surface area contributed by atoms with Gasteiger partial charge in [-0.2, -0.15) is 0 Å². The van der Waals surface area contributed by atoms with Crippen LogP contribution in [-0.4, -0.2) is 60.5 Å². The Labute approximate surface area is 122 Å². The van der Waals surface area contributed by atoms with Gasteiger partial charge in [-0.1, -0.05) is 0 Å². The number of hydrogen-bond donors (Lipinski definition) is 2. The van der Waals surface area contributed by atoms with Crippen LogP contribution in [0.4, 0.5) is 11.4 Å². The van der Waals surface area contributed by atoms with Gasteiger partial charge >= 0.3 is 0 Å². The molecule has 0 aliphatic carbocycles. The smallest absolute Gasteiger partial charge is 0.271 e. The van der Waals surface area contributed by atoms with Crippen molar-refractivity contribution < 1.29 is 19.5 Å². The predicted octanol–water partition coefficient (Wildman–Crippen LogP) is 0.249. The summed E-state index contributed by atoms with van der Waals surface area (Å²) in [5.74, 6) is 0.335. The first kappa shape index (κ1) is 15.5. The minimum atomic E-state index is -0.655. The lowest BCUT2D eigenvalue weighted by Crippen LogP contribution is -2.42. The van der Waals surface area contributed by atoms with E-state index in [4.69, 9.17) is 15.2 Å². The maximum Gasteiger partial charge on any atom is 0.271 e. The van der Waals surface area contributed by atoms with Gasteiger partial charge in [0.1, 0.15) is 18.5 Å². The zero-order valence-corrected chi connectivity index (χ0v) is 11.6. The van der Waals surface area contributed by atoms with Crippen molar-refractivity contribution in [2.24, 2.45) is 0 Å². The number of benzene rings is 1. The first-order valence-electron chi connectivity index (χ1n) is 6.71. The first-order chi connectivity index (χ1) is 10.1. The summed E-state index contributed by atoms with van der Waals surface area (Å²) in [7, 11) is 0. The second-order valence-corrected chi connectivity index (χ2v) is 4.86. The largest absolute Gasteiger partial charge is 0.489 e. The van der Waals surface area contributed by atoms with E-state index < -0.39 is 11.0 Å². The zero-order chi connectivity index (χ0) is 15.2. The summed E-state index contributed by atoms with van der Waals surface area (Å²) < 4.78 is 10.7. The van der Waals surface area contributed by atoms with E-state index in [1.54, 1.807) is 0 Å². The molecule has 2 rings (SSSR count). The van der Waals surface area contributed by atoms with E-state index >= 15 is 0 Å². The van der Waals surface area contributed by atoms with Crippen LogP contribution in [0, 0.1) is 10.1 Å². The minimum absolute atomic E-state index is 0.0827.